The summed E-state index contributed by atoms with van der Waals surface area (Å²) in [5, 5.41) is 0.396. The molecular formula is C13H17ClN2O4S. The molecule has 0 fully saturated rings. The zero-order chi connectivity index (χ0) is 15.8. The smallest absolute Gasteiger partial charge is 0.243 e. The molecule has 0 aromatic heterocycles. The average molecular weight is 333 g/mol. The number of ether oxygens (including phenoxy) is 1. The molecule has 2 rings (SSSR count). The van der Waals surface area contributed by atoms with E-state index in [1.807, 2.05) is 0 Å². The number of para-hydroxylation sites is 1. The van der Waals surface area contributed by atoms with E-state index in [1.165, 1.54) is 19.0 Å². The molecule has 0 saturated heterocycles. The van der Waals surface area contributed by atoms with Crippen LogP contribution in [0.3, 0.4) is 0 Å². The van der Waals surface area contributed by atoms with Crippen molar-refractivity contribution in [3.05, 3.63) is 23.2 Å². The summed E-state index contributed by atoms with van der Waals surface area (Å²) in [4.78, 5) is 13.8. The van der Waals surface area contributed by atoms with Gasteiger partial charge in [-0.15, -0.1) is 0 Å². The summed E-state index contributed by atoms with van der Waals surface area (Å²) in [5.41, 5.74) is 0.500. The number of amides is 1. The van der Waals surface area contributed by atoms with Crippen LogP contribution in [-0.2, 0) is 14.8 Å². The Balaban J connectivity index is 2.34. The van der Waals surface area contributed by atoms with Crippen LogP contribution in [0.15, 0.2) is 18.2 Å². The number of hydrogen-bond acceptors (Lipinski definition) is 4. The molecule has 0 aliphatic carbocycles. The van der Waals surface area contributed by atoms with Crippen molar-refractivity contribution in [1.82, 2.24) is 4.31 Å². The molecule has 21 heavy (non-hydrogen) atoms. The topological polar surface area (TPSA) is 66.9 Å². The fraction of sp³-hybridized carbons (Fsp3) is 0.462. The number of nitrogens with zero attached hydrogens (tertiary/aromatic N) is 2. The second-order valence-electron chi connectivity index (χ2n) is 5.06. The van der Waals surface area contributed by atoms with E-state index in [4.69, 9.17) is 16.3 Å². The summed E-state index contributed by atoms with van der Waals surface area (Å²) in [7, 11) is -0.812. The third-order valence-electron chi connectivity index (χ3n) is 3.16. The van der Waals surface area contributed by atoms with E-state index in [-0.39, 0.29) is 12.6 Å². The number of carbonyl (C=O) groups excluding carboxylic acids is 1. The predicted octanol–water partition coefficient (Wildman–Crippen LogP) is 1.35. The molecule has 6 nitrogen and oxygen atoms in total. The van der Waals surface area contributed by atoms with Crippen LogP contribution >= 0.6 is 11.6 Å². The Morgan fingerprint density at radius 2 is 2.14 bits per heavy atom. The number of sulfonamides is 1. The third-order valence-corrected chi connectivity index (χ3v) is 5.18. The molecule has 8 heteroatoms. The second-order valence-corrected chi connectivity index (χ2v) is 7.65. The number of fused-ring (bicyclic) bond motifs is 1. The molecule has 0 spiro atoms. The van der Waals surface area contributed by atoms with Gasteiger partial charge in [-0.25, -0.2) is 12.7 Å². The molecule has 1 atom stereocenters. The van der Waals surface area contributed by atoms with Crippen molar-refractivity contribution >= 4 is 33.2 Å². The second kappa shape index (κ2) is 5.82. The zero-order valence-corrected chi connectivity index (χ0v) is 13.6. The van der Waals surface area contributed by atoms with Crippen molar-refractivity contribution in [2.75, 3.05) is 31.3 Å². The quantitative estimate of drug-likeness (QED) is 0.838. The van der Waals surface area contributed by atoms with E-state index in [0.717, 1.165) is 4.31 Å². The highest BCUT2D eigenvalue weighted by Crippen LogP contribution is 2.39. The maximum atomic E-state index is 12.4. The average Bonchev–Trinajstić information content (AvgIpc) is 2.38. The van der Waals surface area contributed by atoms with Gasteiger partial charge in [-0.3, -0.25) is 4.79 Å². The van der Waals surface area contributed by atoms with E-state index >= 15 is 0 Å². The summed E-state index contributed by atoms with van der Waals surface area (Å²) in [5.74, 6) is -0.672. The lowest BCUT2D eigenvalue weighted by atomic mass is 10.2. The lowest BCUT2D eigenvalue weighted by Crippen LogP contribution is -2.46. The molecule has 116 valence electrons. The number of halogens is 1. The van der Waals surface area contributed by atoms with Crippen LogP contribution in [0, 0.1) is 0 Å². The fourth-order valence-electron chi connectivity index (χ4n) is 2.02. The SMILES string of the molecule is CC1CN(C(=O)CS(=O)(=O)N(C)C)c2cccc(Cl)c2O1. The van der Waals surface area contributed by atoms with Crippen LogP contribution < -0.4 is 9.64 Å². The Morgan fingerprint density at radius 1 is 1.48 bits per heavy atom. The molecule has 1 aliphatic heterocycles. The zero-order valence-electron chi connectivity index (χ0n) is 12.0. The number of hydrogen-bond donors (Lipinski definition) is 0. The van der Waals surface area contributed by atoms with Gasteiger partial charge in [0.25, 0.3) is 0 Å². The van der Waals surface area contributed by atoms with Gasteiger partial charge < -0.3 is 9.64 Å². The Morgan fingerprint density at radius 3 is 2.76 bits per heavy atom. The Bertz CT molecular complexity index is 660. The van der Waals surface area contributed by atoms with Gasteiger partial charge in [0, 0.05) is 14.1 Å². The van der Waals surface area contributed by atoms with Crippen LogP contribution in [0.4, 0.5) is 5.69 Å². The molecular weight excluding hydrogens is 316 g/mol. The van der Waals surface area contributed by atoms with E-state index in [0.29, 0.717) is 16.5 Å². The first-order valence-electron chi connectivity index (χ1n) is 6.38. The minimum atomic E-state index is -3.61. The van der Waals surface area contributed by atoms with Gasteiger partial charge in [0.2, 0.25) is 15.9 Å². The summed E-state index contributed by atoms with van der Waals surface area (Å²) >= 11 is 6.07. The van der Waals surface area contributed by atoms with Crippen LogP contribution in [0.5, 0.6) is 5.75 Å². The monoisotopic (exact) mass is 332 g/mol. The van der Waals surface area contributed by atoms with Crippen molar-refractivity contribution in [1.29, 1.82) is 0 Å². The number of carbonyl (C=O) groups is 1. The Kier molecular flexibility index (Phi) is 4.46. The Labute approximate surface area is 129 Å². The van der Waals surface area contributed by atoms with E-state index in [2.05, 4.69) is 0 Å². The summed E-state index contributed by atoms with van der Waals surface area (Å²) < 4.78 is 30.4. The van der Waals surface area contributed by atoms with Gasteiger partial charge in [0.1, 0.15) is 11.9 Å². The molecule has 0 bridgehead atoms. The number of rotatable bonds is 3. The van der Waals surface area contributed by atoms with Gasteiger partial charge in [-0.2, -0.15) is 0 Å². The van der Waals surface area contributed by atoms with Crippen molar-refractivity contribution in [3.63, 3.8) is 0 Å². The Hall–Kier alpha value is -1.31. The summed E-state index contributed by atoms with van der Waals surface area (Å²) in [6, 6.07) is 5.05. The highest BCUT2D eigenvalue weighted by Gasteiger charge is 2.31. The lowest BCUT2D eigenvalue weighted by molar-refractivity contribution is -0.116. The van der Waals surface area contributed by atoms with Crippen molar-refractivity contribution in [2.45, 2.75) is 13.0 Å². The fourth-order valence-corrected chi connectivity index (χ4v) is 2.96. The molecule has 1 aromatic carbocycles. The standard InChI is InChI=1S/C13H17ClN2O4S/c1-9-7-16(12(17)8-21(18,19)15(2)3)11-6-4-5-10(14)13(11)20-9/h4-6,9H,7-8H2,1-3H3. The molecule has 1 aromatic rings. The minimum absolute atomic E-state index is 0.261. The molecule has 1 aliphatic rings. The highest BCUT2D eigenvalue weighted by molar-refractivity contribution is 7.89. The maximum Gasteiger partial charge on any atom is 0.243 e. The van der Waals surface area contributed by atoms with Gasteiger partial charge in [0.05, 0.1) is 17.3 Å². The van der Waals surface area contributed by atoms with Gasteiger partial charge in [-0.05, 0) is 19.1 Å². The van der Waals surface area contributed by atoms with Gasteiger partial charge in [-0.1, -0.05) is 17.7 Å². The molecule has 0 radical (unpaired) electrons. The minimum Gasteiger partial charge on any atom is -0.485 e. The van der Waals surface area contributed by atoms with Crippen LogP contribution in [-0.4, -0.2) is 51.1 Å². The molecule has 1 unspecified atom stereocenters. The van der Waals surface area contributed by atoms with Crippen molar-refractivity contribution < 1.29 is 17.9 Å². The van der Waals surface area contributed by atoms with Crippen LogP contribution in [0.25, 0.3) is 0 Å². The summed E-state index contributed by atoms with van der Waals surface area (Å²) in [6.45, 7) is 2.09. The van der Waals surface area contributed by atoms with Crippen LogP contribution in [0.1, 0.15) is 6.92 Å². The van der Waals surface area contributed by atoms with E-state index in [9.17, 15) is 13.2 Å². The highest BCUT2D eigenvalue weighted by atomic mass is 35.5. The number of anilines is 1. The van der Waals surface area contributed by atoms with Gasteiger partial charge >= 0.3 is 0 Å². The molecule has 1 amide bonds. The molecule has 0 N–H and O–H groups in total. The van der Waals surface area contributed by atoms with Crippen LogP contribution in [0.2, 0.25) is 5.02 Å². The lowest BCUT2D eigenvalue weighted by Gasteiger charge is -2.34. The summed E-state index contributed by atoms with van der Waals surface area (Å²) in [6.07, 6.45) is -0.261. The van der Waals surface area contributed by atoms with Gasteiger partial charge in [0.15, 0.2) is 5.75 Å². The normalized spacial score (nSPS) is 18.3. The number of benzene rings is 1. The predicted molar refractivity (Wildman–Crippen MR) is 81.4 cm³/mol. The largest absolute Gasteiger partial charge is 0.485 e. The van der Waals surface area contributed by atoms with Crippen molar-refractivity contribution in [2.24, 2.45) is 0 Å². The maximum absolute atomic E-state index is 12.4. The van der Waals surface area contributed by atoms with E-state index in [1.54, 1.807) is 25.1 Å². The van der Waals surface area contributed by atoms with Crippen molar-refractivity contribution in [3.8, 4) is 5.75 Å². The first-order valence-corrected chi connectivity index (χ1v) is 8.37. The molecule has 0 saturated carbocycles. The third kappa shape index (κ3) is 3.30. The first-order chi connectivity index (χ1) is 9.72. The van der Waals surface area contributed by atoms with E-state index < -0.39 is 21.7 Å². The molecule has 1 heterocycles. The first kappa shape index (κ1) is 16.1.